The molecule has 4 nitrogen and oxygen atoms in total. The zero-order valence-electron chi connectivity index (χ0n) is 16.1. The lowest BCUT2D eigenvalue weighted by Gasteiger charge is -2.26. The molecule has 2 aromatic heterocycles. The third-order valence-corrected chi connectivity index (χ3v) is 6.13. The van der Waals surface area contributed by atoms with Crippen LogP contribution in [0.3, 0.4) is 0 Å². The molecule has 0 aliphatic carbocycles. The van der Waals surface area contributed by atoms with Gasteiger partial charge in [-0.1, -0.05) is 24.1 Å². The molecule has 0 bridgehead atoms. The number of rotatable bonds is 4. The van der Waals surface area contributed by atoms with Crippen molar-refractivity contribution in [3.63, 3.8) is 0 Å². The number of hydrogen-bond donors (Lipinski definition) is 1. The Hall–Kier alpha value is -2.30. The van der Waals surface area contributed by atoms with Crippen LogP contribution in [-0.2, 0) is 0 Å². The van der Waals surface area contributed by atoms with Gasteiger partial charge in [-0.2, -0.15) is 0 Å². The Kier molecular flexibility index (Phi) is 4.61. The van der Waals surface area contributed by atoms with E-state index in [2.05, 4.69) is 40.0 Å². The Morgan fingerprint density at radius 1 is 1.11 bits per heavy atom. The summed E-state index contributed by atoms with van der Waals surface area (Å²) in [5.41, 5.74) is 3.34. The lowest BCUT2D eigenvalue weighted by molar-refractivity contribution is 0.183. The number of aromatic nitrogens is 2. The van der Waals surface area contributed by atoms with Crippen LogP contribution in [0.4, 0.5) is 0 Å². The first kappa shape index (κ1) is 17.8. The highest BCUT2D eigenvalue weighted by Gasteiger charge is 2.14. The molecule has 5 rings (SSSR count). The van der Waals surface area contributed by atoms with Gasteiger partial charge in [0, 0.05) is 40.6 Å². The molecule has 0 radical (unpaired) electrons. The van der Waals surface area contributed by atoms with Gasteiger partial charge >= 0.3 is 0 Å². The minimum atomic E-state index is 0.695. The Morgan fingerprint density at radius 2 is 1.96 bits per heavy atom. The van der Waals surface area contributed by atoms with Gasteiger partial charge in [-0.05, 0) is 62.0 Å². The lowest BCUT2D eigenvalue weighted by atomic mass is 10.0. The van der Waals surface area contributed by atoms with Crippen molar-refractivity contribution in [3.8, 4) is 5.75 Å². The molecule has 144 valence electrons. The summed E-state index contributed by atoms with van der Waals surface area (Å²) in [6.45, 7) is 6.12. The van der Waals surface area contributed by atoms with Crippen molar-refractivity contribution in [3.05, 3.63) is 47.2 Å². The lowest BCUT2D eigenvalue weighted by Crippen LogP contribution is -2.33. The molecule has 0 amide bonds. The summed E-state index contributed by atoms with van der Waals surface area (Å²) in [7, 11) is 0. The maximum Gasteiger partial charge on any atom is 0.121 e. The van der Waals surface area contributed by atoms with Crippen molar-refractivity contribution >= 4 is 44.2 Å². The normalized spacial score (nSPS) is 15.6. The van der Waals surface area contributed by atoms with Crippen LogP contribution in [-0.4, -0.2) is 41.1 Å². The van der Waals surface area contributed by atoms with E-state index in [1.54, 1.807) is 0 Å². The molecule has 0 spiro atoms. The number of halogens is 1. The Balaban J connectivity index is 1.49. The van der Waals surface area contributed by atoms with Crippen molar-refractivity contribution in [1.82, 2.24) is 14.9 Å². The first-order chi connectivity index (χ1) is 13.7. The number of piperidine rings is 1. The molecular formula is C23H24ClN3O. The molecule has 3 heterocycles. The number of pyridine rings is 1. The highest BCUT2D eigenvalue weighted by atomic mass is 35.5. The fourth-order valence-electron chi connectivity index (χ4n) is 4.39. The smallest absolute Gasteiger partial charge is 0.121 e. The maximum atomic E-state index is 6.74. The van der Waals surface area contributed by atoms with Crippen molar-refractivity contribution in [2.45, 2.75) is 26.2 Å². The van der Waals surface area contributed by atoms with Crippen LogP contribution in [0.1, 0.15) is 24.8 Å². The molecule has 0 saturated carbocycles. The number of likely N-dealkylation sites (tertiary alicyclic amines) is 1. The largest absolute Gasteiger partial charge is 0.492 e. The fourth-order valence-corrected chi connectivity index (χ4v) is 4.70. The third-order valence-electron chi connectivity index (χ3n) is 5.83. The maximum absolute atomic E-state index is 6.74. The van der Waals surface area contributed by atoms with Gasteiger partial charge < -0.3 is 9.72 Å². The van der Waals surface area contributed by atoms with E-state index < -0.39 is 0 Å². The molecule has 28 heavy (non-hydrogen) atoms. The topological polar surface area (TPSA) is 41.1 Å². The Bertz CT molecular complexity index is 1160. The van der Waals surface area contributed by atoms with E-state index >= 15 is 0 Å². The van der Waals surface area contributed by atoms with Crippen molar-refractivity contribution < 1.29 is 4.74 Å². The minimum absolute atomic E-state index is 0.695. The van der Waals surface area contributed by atoms with Crippen molar-refractivity contribution in [2.24, 2.45) is 0 Å². The summed E-state index contributed by atoms with van der Waals surface area (Å²) < 4.78 is 6.05. The number of aryl methyl sites for hydroxylation is 1. The summed E-state index contributed by atoms with van der Waals surface area (Å²) >= 11 is 6.74. The summed E-state index contributed by atoms with van der Waals surface area (Å²) in [5, 5.41) is 5.12. The number of fused-ring (bicyclic) bond motifs is 5. The minimum Gasteiger partial charge on any atom is -0.492 e. The summed E-state index contributed by atoms with van der Waals surface area (Å²) in [4.78, 5) is 10.4. The van der Waals surface area contributed by atoms with Crippen molar-refractivity contribution in [2.75, 3.05) is 26.2 Å². The monoisotopic (exact) mass is 393 g/mol. The molecule has 1 N–H and O–H groups in total. The van der Waals surface area contributed by atoms with E-state index in [9.17, 15) is 0 Å². The molecule has 1 fully saturated rings. The van der Waals surface area contributed by atoms with Crippen LogP contribution in [0.25, 0.3) is 32.6 Å². The third kappa shape index (κ3) is 3.11. The molecular weight excluding hydrogens is 370 g/mol. The van der Waals surface area contributed by atoms with Crippen molar-refractivity contribution in [1.29, 1.82) is 0 Å². The van der Waals surface area contributed by atoms with Gasteiger partial charge in [0.2, 0.25) is 0 Å². The summed E-state index contributed by atoms with van der Waals surface area (Å²) in [6.07, 6.45) is 7.76. The predicted molar refractivity (Wildman–Crippen MR) is 117 cm³/mol. The Labute approximate surface area is 169 Å². The summed E-state index contributed by atoms with van der Waals surface area (Å²) in [5.74, 6) is 0.836. The van der Waals surface area contributed by atoms with Gasteiger partial charge in [-0.25, -0.2) is 0 Å². The number of H-pyrrole nitrogens is 1. The number of benzene rings is 2. The Morgan fingerprint density at radius 3 is 2.82 bits per heavy atom. The van der Waals surface area contributed by atoms with Gasteiger partial charge in [-0.15, -0.1) is 0 Å². The van der Waals surface area contributed by atoms with Gasteiger partial charge in [-0.3, -0.25) is 9.88 Å². The van der Waals surface area contributed by atoms with Gasteiger partial charge in [0.15, 0.2) is 0 Å². The van der Waals surface area contributed by atoms with Crippen LogP contribution in [0.5, 0.6) is 5.75 Å². The van der Waals surface area contributed by atoms with E-state index in [1.807, 2.05) is 18.5 Å². The van der Waals surface area contributed by atoms with E-state index in [0.29, 0.717) is 6.61 Å². The first-order valence-corrected chi connectivity index (χ1v) is 10.4. The van der Waals surface area contributed by atoms with Gasteiger partial charge in [0.25, 0.3) is 0 Å². The second-order valence-electron chi connectivity index (χ2n) is 7.75. The zero-order chi connectivity index (χ0) is 19.1. The highest BCUT2D eigenvalue weighted by molar-refractivity contribution is 6.39. The molecule has 2 aromatic carbocycles. The molecule has 5 heteroatoms. The van der Waals surface area contributed by atoms with Crippen LogP contribution < -0.4 is 4.74 Å². The number of hydrogen-bond acceptors (Lipinski definition) is 3. The number of ether oxygens (including phenoxy) is 1. The van der Waals surface area contributed by atoms with Gasteiger partial charge in [0.05, 0.1) is 10.5 Å². The summed E-state index contributed by atoms with van der Waals surface area (Å²) in [6, 6.07) is 8.27. The van der Waals surface area contributed by atoms with E-state index in [0.717, 1.165) is 55.5 Å². The van der Waals surface area contributed by atoms with E-state index in [4.69, 9.17) is 16.3 Å². The van der Waals surface area contributed by atoms with E-state index in [1.165, 1.54) is 32.4 Å². The predicted octanol–water partition coefficient (Wildman–Crippen LogP) is 5.70. The molecule has 1 aliphatic rings. The fraction of sp³-hybridized carbons (Fsp3) is 0.348. The zero-order valence-corrected chi connectivity index (χ0v) is 16.9. The number of aromatic amines is 1. The average molecular weight is 394 g/mol. The van der Waals surface area contributed by atoms with E-state index in [-0.39, 0.29) is 0 Å². The second-order valence-corrected chi connectivity index (χ2v) is 8.15. The van der Waals surface area contributed by atoms with Crippen LogP contribution in [0.2, 0.25) is 5.02 Å². The van der Waals surface area contributed by atoms with Gasteiger partial charge in [0.1, 0.15) is 12.4 Å². The van der Waals surface area contributed by atoms with Crippen LogP contribution in [0, 0.1) is 6.92 Å². The average Bonchev–Trinajstić information content (AvgIpc) is 3.09. The number of nitrogens with one attached hydrogen (secondary N) is 1. The first-order valence-electron chi connectivity index (χ1n) is 10.0. The molecule has 1 aliphatic heterocycles. The molecule has 1 saturated heterocycles. The highest BCUT2D eigenvalue weighted by Crippen LogP contribution is 2.38. The number of nitrogens with zero attached hydrogens (tertiary/aromatic N) is 2. The molecule has 0 atom stereocenters. The quantitative estimate of drug-likeness (QED) is 0.483. The van der Waals surface area contributed by atoms with Crippen LogP contribution >= 0.6 is 11.6 Å². The molecule has 4 aromatic rings. The second kappa shape index (κ2) is 7.26. The SMILES string of the molecule is Cc1cncc2c1[nH]c1ccc3cc(OCCN4CCCCC4)cc(Cl)c3c12. The standard InChI is InChI=1S/C23H24ClN3O/c1-15-13-25-14-18-22-20(26-23(15)18)6-5-16-11-17(12-19(24)21(16)22)28-10-9-27-7-3-2-4-8-27/h5-6,11-14,26H,2-4,7-10H2,1H3. The molecule has 0 unspecified atom stereocenters. The van der Waals surface area contributed by atoms with Crippen LogP contribution in [0.15, 0.2) is 36.7 Å².